The van der Waals surface area contributed by atoms with Crippen molar-refractivity contribution < 1.29 is 4.74 Å². The Labute approximate surface area is 160 Å². The van der Waals surface area contributed by atoms with Gasteiger partial charge in [-0.25, -0.2) is 4.68 Å². The third-order valence-corrected chi connectivity index (χ3v) is 5.08. The molecule has 1 aliphatic rings. The van der Waals surface area contributed by atoms with Crippen molar-refractivity contribution in [1.82, 2.24) is 14.8 Å². The molecule has 2 heterocycles. The average Bonchev–Trinajstić information content (AvgIpc) is 3.01. The average molecular weight is 390 g/mol. The van der Waals surface area contributed by atoms with E-state index >= 15 is 0 Å². The number of hydrogen-bond donors (Lipinski definition) is 2. The number of benzene rings is 2. The topological polar surface area (TPSA) is 78.0 Å². The summed E-state index contributed by atoms with van der Waals surface area (Å²) in [6.07, 6.45) is 0.727. The monoisotopic (exact) mass is 389 g/mol. The maximum absolute atomic E-state index is 6.42. The van der Waals surface area contributed by atoms with Crippen LogP contribution in [0.25, 0.3) is 0 Å². The number of halogens is 2. The van der Waals surface area contributed by atoms with Gasteiger partial charge in [-0.1, -0.05) is 41.4 Å². The Hall–Kier alpha value is -2.44. The molecule has 0 bridgehead atoms. The summed E-state index contributed by atoms with van der Waals surface area (Å²) in [6.45, 7) is 0. The molecule has 1 aromatic heterocycles. The summed E-state index contributed by atoms with van der Waals surface area (Å²) in [4.78, 5) is 4.31. The lowest BCUT2D eigenvalue weighted by molar-refractivity contribution is 0.407. The minimum Gasteiger partial charge on any atom is -0.497 e. The molecule has 8 heteroatoms. The van der Waals surface area contributed by atoms with Gasteiger partial charge in [-0.3, -0.25) is 0 Å². The van der Waals surface area contributed by atoms with Crippen LogP contribution in [0.1, 0.15) is 29.6 Å². The number of fused-ring (bicyclic) bond motifs is 1. The van der Waals surface area contributed by atoms with Crippen LogP contribution >= 0.6 is 23.2 Å². The van der Waals surface area contributed by atoms with Crippen molar-refractivity contribution in [2.24, 2.45) is 0 Å². The van der Waals surface area contributed by atoms with E-state index in [1.165, 1.54) is 0 Å². The van der Waals surface area contributed by atoms with Gasteiger partial charge in [0.2, 0.25) is 11.9 Å². The SMILES string of the molecule is COc1cccc([C@H]2C[C@H](c3ccc(Cl)cc3Cl)Nc3nc(N)nn32)c1. The smallest absolute Gasteiger partial charge is 0.241 e. The van der Waals surface area contributed by atoms with Crippen molar-refractivity contribution in [3.05, 3.63) is 63.6 Å². The molecule has 26 heavy (non-hydrogen) atoms. The van der Waals surface area contributed by atoms with E-state index in [-0.39, 0.29) is 18.0 Å². The third kappa shape index (κ3) is 3.06. The molecule has 134 valence electrons. The van der Waals surface area contributed by atoms with Crippen LogP contribution in [0.3, 0.4) is 0 Å². The van der Waals surface area contributed by atoms with Crippen LogP contribution in [0.15, 0.2) is 42.5 Å². The number of anilines is 2. The van der Waals surface area contributed by atoms with Crippen LogP contribution in [0.5, 0.6) is 5.75 Å². The van der Waals surface area contributed by atoms with E-state index in [0.717, 1.165) is 23.3 Å². The highest BCUT2D eigenvalue weighted by atomic mass is 35.5. The van der Waals surface area contributed by atoms with Crippen LogP contribution in [0.2, 0.25) is 10.0 Å². The van der Waals surface area contributed by atoms with Crippen molar-refractivity contribution in [2.75, 3.05) is 18.2 Å². The Morgan fingerprint density at radius 1 is 1.23 bits per heavy atom. The first-order valence-electron chi connectivity index (χ1n) is 8.12. The molecule has 3 N–H and O–H groups in total. The highest BCUT2D eigenvalue weighted by Gasteiger charge is 2.32. The zero-order valence-electron chi connectivity index (χ0n) is 14.0. The quantitative estimate of drug-likeness (QED) is 0.697. The second-order valence-corrected chi connectivity index (χ2v) is 6.97. The van der Waals surface area contributed by atoms with Gasteiger partial charge in [-0.15, -0.1) is 5.10 Å². The van der Waals surface area contributed by atoms with Gasteiger partial charge in [0.15, 0.2) is 0 Å². The summed E-state index contributed by atoms with van der Waals surface area (Å²) in [5.41, 5.74) is 7.85. The van der Waals surface area contributed by atoms with Gasteiger partial charge in [-0.05, 0) is 41.8 Å². The van der Waals surface area contributed by atoms with Crippen molar-refractivity contribution in [3.63, 3.8) is 0 Å². The van der Waals surface area contributed by atoms with Crippen LogP contribution < -0.4 is 15.8 Å². The van der Waals surface area contributed by atoms with E-state index in [1.807, 2.05) is 41.1 Å². The Bertz CT molecular complexity index is 959. The highest BCUT2D eigenvalue weighted by molar-refractivity contribution is 6.35. The van der Waals surface area contributed by atoms with Crippen molar-refractivity contribution in [2.45, 2.75) is 18.5 Å². The number of nitrogens with one attached hydrogen (secondary N) is 1. The Morgan fingerprint density at radius 3 is 2.85 bits per heavy atom. The summed E-state index contributed by atoms with van der Waals surface area (Å²) in [5.74, 6) is 1.62. The van der Waals surface area contributed by atoms with E-state index in [9.17, 15) is 0 Å². The first kappa shape index (κ1) is 17.0. The lowest BCUT2D eigenvalue weighted by atomic mass is 9.93. The van der Waals surface area contributed by atoms with Gasteiger partial charge in [-0.2, -0.15) is 4.98 Å². The van der Waals surface area contributed by atoms with Gasteiger partial charge >= 0.3 is 0 Å². The number of rotatable bonds is 3. The molecular weight excluding hydrogens is 373 g/mol. The third-order valence-electron chi connectivity index (χ3n) is 4.52. The number of nitrogen functional groups attached to an aromatic ring is 1. The molecule has 0 radical (unpaired) electrons. The Morgan fingerprint density at radius 2 is 2.08 bits per heavy atom. The lowest BCUT2D eigenvalue weighted by Crippen LogP contribution is -2.28. The van der Waals surface area contributed by atoms with Crippen molar-refractivity contribution >= 4 is 35.1 Å². The minimum atomic E-state index is -0.0529. The highest BCUT2D eigenvalue weighted by Crippen LogP contribution is 2.40. The fourth-order valence-corrected chi connectivity index (χ4v) is 3.85. The maximum Gasteiger partial charge on any atom is 0.241 e. The van der Waals surface area contributed by atoms with Gasteiger partial charge in [0.25, 0.3) is 0 Å². The zero-order valence-corrected chi connectivity index (χ0v) is 15.5. The maximum atomic E-state index is 6.42. The fraction of sp³-hybridized carbons (Fsp3) is 0.222. The molecule has 0 unspecified atom stereocenters. The molecular formula is C18H17Cl2N5O. The van der Waals surface area contributed by atoms with Gasteiger partial charge in [0, 0.05) is 10.0 Å². The number of nitrogens with zero attached hydrogens (tertiary/aromatic N) is 3. The van der Waals surface area contributed by atoms with Crippen molar-refractivity contribution in [1.29, 1.82) is 0 Å². The summed E-state index contributed by atoms with van der Waals surface area (Å²) in [5, 5.41) is 8.94. The summed E-state index contributed by atoms with van der Waals surface area (Å²) < 4.78 is 7.17. The van der Waals surface area contributed by atoms with Crippen LogP contribution in [-0.2, 0) is 0 Å². The molecule has 0 saturated heterocycles. The molecule has 2 aromatic carbocycles. The van der Waals surface area contributed by atoms with Gasteiger partial charge < -0.3 is 15.8 Å². The van der Waals surface area contributed by atoms with Crippen LogP contribution in [-0.4, -0.2) is 21.9 Å². The van der Waals surface area contributed by atoms with E-state index in [1.54, 1.807) is 13.2 Å². The molecule has 0 aliphatic carbocycles. The standard InChI is InChI=1S/C18H17Cl2N5O/c1-26-12-4-2-3-10(7-12)16-9-15(13-6-5-11(19)8-14(13)20)22-18-23-17(21)24-25(16)18/h2-8,15-16H,9H2,1H3,(H3,21,22,23,24)/t15-,16-/m1/s1. The first-order valence-corrected chi connectivity index (χ1v) is 8.88. The number of aromatic nitrogens is 3. The number of methoxy groups -OCH3 is 1. The minimum absolute atomic E-state index is 0.0490. The number of nitrogens with two attached hydrogens (primary N) is 1. The summed E-state index contributed by atoms with van der Waals surface area (Å²) >= 11 is 12.5. The molecule has 3 aromatic rings. The second-order valence-electron chi connectivity index (χ2n) is 6.13. The van der Waals surface area contributed by atoms with E-state index < -0.39 is 0 Å². The zero-order chi connectivity index (χ0) is 18.3. The molecule has 0 spiro atoms. The Kier molecular flexibility index (Phi) is 4.38. The van der Waals surface area contributed by atoms with Crippen LogP contribution in [0, 0.1) is 0 Å². The van der Waals surface area contributed by atoms with Crippen molar-refractivity contribution in [3.8, 4) is 5.75 Å². The second kappa shape index (κ2) is 6.70. The lowest BCUT2D eigenvalue weighted by Gasteiger charge is -2.32. The molecule has 0 saturated carbocycles. The Balaban J connectivity index is 1.77. The number of hydrogen-bond acceptors (Lipinski definition) is 5. The summed E-state index contributed by atoms with van der Waals surface area (Å²) in [7, 11) is 1.65. The van der Waals surface area contributed by atoms with Gasteiger partial charge in [0.05, 0.1) is 19.2 Å². The molecule has 6 nitrogen and oxygen atoms in total. The predicted molar refractivity (Wildman–Crippen MR) is 103 cm³/mol. The summed E-state index contributed by atoms with van der Waals surface area (Å²) in [6, 6.07) is 13.3. The van der Waals surface area contributed by atoms with E-state index in [0.29, 0.717) is 16.0 Å². The molecule has 1 aliphatic heterocycles. The molecule has 4 rings (SSSR count). The fourth-order valence-electron chi connectivity index (χ4n) is 3.31. The molecule has 2 atom stereocenters. The first-order chi connectivity index (χ1) is 12.5. The van der Waals surface area contributed by atoms with E-state index in [2.05, 4.69) is 15.4 Å². The largest absolute Gasteiger partial charge is 0.497 e. The molecule has 0 amide bonds. The van der Waals surface area contributed by atoms with E-state index in [4.69, 9.17) is 33.7 Å². The number of ether oxygens (including phenoxy) is 1. The van der Waals surface area contributed by atoms with Gasteiger partial charge in [0.1, 0.15) is 5.75 Å². The van der Waals surface area contributed by atoms with Crippen LogP contribution in [0.4, 0.5) is 11.9 Å². The molecule has 0 fully saturated rings. The predicted octanol–water partition coefficient (Wildman–Crippen LogP) is 4.32. The normalized spacial score (nSPS) is 18.9.